The lowest BCUT2D eigenvalue weighted by Gasteiger charge is -2.56. The number of aliphatic hydroxyl groups is 1. The number of hydrogen-bond acceptors (Lipinski definition) is 3. The fourth-order valence-corrected chi connectivity index (χ4v) is 6.74. The molecule has 1 aromatic heterocycles. The lowest BCUT2D eigenvalue weighted by Crippen LogP contribution is -2.47. The van der Waals surface area contributed by atoms with Crippen LogP contribution in [0.4, 0.5) is 0 Å². The second-order valence-corrected chi connectivity index (χ2v) is 9.68. The summed E-state index contributed by atoms with van der Waals surface area (Å²) in [4.78, 5) is 4.40. The summed E-state index contributed by atoms with van der Waals surface area (Å²) in [5.41, 5.74) is 6.09. The number of methoxy groups -OCH3 is 1. The molecule has 0 spiro atoms. The normalized spacial score (nSPS) is 39.1. The van der Waals surface area contributed by atoms with Gasteiger partial charge in [0.05, 0.1) is 19.4 Å². The molecule has 3 nitrogen and oxygen atoms in total. The summed E-state index contributed by atoms with van der Waals surface area (Å²) >= 11 is 0. The summed E-state index contributed by atoms with van der Waals surface area (Å²) in [5.74, 6) is 2.15. The van der Waals surface area contributed by atoms with Gasteiger partial charge < -0.3 is 9.84 Å². The molecule has 1 unspecified atom stereocenters. The average Bonchev–Trinajstić information content (AvgIpc) is 3.06. The van der Waals surface area contributed by atoms with Crippen molar-refractivity contribution in [1.29, 1.82) is 0 Å². The monoisotopic (exact) mass is 377 g/mol. The number of ether oxygens (including phenoxy) is 1. The van der Waals surface area contributed by atoms with E-state index in [1.807, 2.05) is 6.20 Å². The van der Waals surface area contributed by atoms with Gasteiger partial charge in [-0.25, -0.2) is 0 Å². The summed E-state index contributed by atoms with van der Waals surface area (Å²) in [5, 5.41) is 10.2. The third-order valence-electron chi connectivity index (χ3n) is 8.38. The van der Waals surface area contributed by atoms with E-state index in [1.165, 1.54) is 29.6 Å². The third kappa shape index (κ3) is 2.48. The minimum atomic E-state index is -0.135. The zero-order valence-electron chi connectivity index (χ0n) is 17.2. The Morgan fingerprint density at radius 3 is 2.82 bits per heavy atom. The second-order valence-electron chi connectivity index (χ2n) is 9.68. The molecule has 1 heterocycles. The molecule has 1 aromatic rings. The van der Waals surface area contributed by atoms with Crippen LogP contribution in [0.2, 0.25) is 0 Å². The van der Waals surface area contributed by atoms with Crippen LogP contribution in [0.25, 0.3) is 5.57 Å². The van der Waals surface area contributed by atoms with Gasteiger partial charge in [-0.1, -0.05) is 43.2 Å². The Hall–Kier alpha value is -1.87. The minimum absolute atomic E-state index is 0.102. The number of aromatic nitrogens is 1. The Morgan fingerprint density at radius 1 is 1.14 bits per heavy atom. The summed E-state index contributed by atoms with van der Waals surface area (Å²) in [7, 11) is 1.70. The highest BCUT2D eigenvalue weighted by Gasteiger charge is 2.54. The first-order valence-corrected chi connectivity index (χ1v) is 10.8. The molecule has 4 aliphatic carbocycles. The predicted octanol–water partition coefficient (Wildman–Crippen LogP) is 5.33. The van der Waals surface area contributed by atoms with Crippen LogP contribution >= 0.6 is 0 Å². The van der Waals surface area contributed by atoms with Crippen molar-refractivity contribution in [2.75, 3.05) is 7.11 Å². The van der Waals surface area contributed by atoms with Crippen LogP contribution in [-0.4, -0.2) is 23.3 Å². The minimum Gasteiger partial charge on any atom is -0.495 e. The quantitative estimate of drug-likeness (QED) is 0.709. The molecule has 0 saturated heterocycles. The Morgan fingerprint density at radius 2 is 2.00 bits per heavy atom. The van der Waals surface area contributed by atoms with Gasteiger partial charge in [0.2, 0.25) is 0 Å². The molecule has 5 atom stereocenters. The molecule has 0 aromatic carbocycles. The molecule has 3 heteroatoms. The van der Waals surface area contributed by atoms with Crippen LogP contribution in [-0.2, 0) is 0 Å². The Kier molecular flexibility index (Phi) is 4.10. The summed E-state index contributed by atoms with van der Waals surface area (Å²) < 4.78 is 5.42. The first kappa shape index (κ1) is 18.2. The van der Waals surface area contributed by atoms with E-state index in [2.05, 4.69) is 43.1 Å². The van der Waals surface area contributed by atoms with Gasteiger partial charge in [-0.15, -0.1) is 0 Å². The Labute approximate surface area is 168 Å². The van der Waals surface area contributed by atoms with Crippen LogP contribution < -0.4 is 4.74 Å². The van der Waals surface area contributed by atoms with Crippen molar-refractivity contribution in [3.63, 3.8) is 0 Å². The fraction of sp³-hybridized carbons (Fsp3) is 0.560. The topological polar surface area (TPSA) is 42.4 Å². The lowest BCUT2D eigenvalue weighted by atomic mass is 9.49. The molecular formula is C25H31NO2. The molecule has 2 saturated carbocycles. The van der Waals surface area contributed by atoms with Gasteiger partial charge in [-0.2, -0.15) is 0 Å². The van der Waals surface area contributed by atoms with Crippen molar-refractivity contribution in [3.8, 4) is 5.75 Å². The zero-order chi connectivity index (χ0) is 19.5. The number of allylic oxidation sites excluding steroid dienone is 5. The maximum atomic E-state index is 10.2. The van der Waals surface area contributed by atoms with Crippen molar-refractivity contribution in [2.24, 2.45) is 22.7 Å². The molecule has 0 radical (unpaired) electrons. The van der Waals surface area contributed by atoms with Crippen molar-refractivity contribution in [1.82, 2.24) is 4.98 Å². The zero-order valence-corrected chi connectivity index (χ0v) is 17.2. The summed E-state index contributed by atoms with van der Waals surface area (Å²) in [6, 6.07) is 2.12. The van der Waals surface area contributed by atoms with E-state index in [0.717, 1.165) is 31.4 Å². The van der Waals surface area contributed by atoms with Gasteiger partial charge >= 0.3 is 0 Å². The lowest BCUT2D eigenvalue weighted by molar-refractivity contribution is 0.0369. The highest BCUT2D eigenvalue weighted by molar-refractivity contribution is 5.78. The number of pyridine rings is 1. The van der Waals surface area contributed by atoms with Gasteiger partial charge in [0.1, 0.15) is 5.75 Å². The second kappa shape index (κ2) is 6.32. The Bertz CT molecular complexity index is 898. The van der Waals surface area contributed by atoms with E-state index in [0.29, 0.717) is 11.8 Å². The number of nitrogens with zero attached hydrogens (tertiary/aromatic N) is 1. The van der Waals surface area contributed by atoms with Crippen molar-refractivity contribution in [3.05, 3.63) is 53.4 Å². The van der Waals surface area contributed by atoms with E-state index < -0.39 is 0 Å². The fourth-order valence-electron chi connectivity index (χ4n) is 6.74. The first-order valence-electron chi connectivity index (χ1n) is 10.8. The standard InChI is InChI=1S/C25H31NO2/c1-24-10-8-18(27)13-17(24)4-5-20-22-7-6-21(25(22,2)11-9-23(20)24)16-12-19(28-3)15-26-14-16/h4,6-7,12,14-15,18,20,23,27H,5,8-11,13H2,1-3H3/t18-,20-,23?,24-,25+/m0/s1. The van der Waals surface area contributed by atoms with Gasteiger partial charge in [0.15, 0.2) is 0 Å². The molecular weight excluding hydrogens is 346 g/mol. The molecule has 2 fully saturated rings. The van der Waals surface area contributed by atoms with E-state index in [1.54, 1.807) is 18.9 Å². The summed E-state index contributed by atoms with van der Waals surface area (Å²) in [6.07, 6.45) is 17.4. The van der Waals surface area contributed by atoms with Gasteiger partial charge in [-0.3, -0.25) is 4.98 Å². The van der Waals surface area contributed by atoms with Crippen LogP contribution in [0.1, 0.15) is 57.9 Å². The van der Waals surface area contributed by atoms with Gasteiger partial charge in [0.25, 0.3) is 0 Å². The number of hydrogen-bond donors (Lipinski definition) is 1. The molecule has 4 aliphatic rings. The third-order valence-corrected chi connectivity index (χ3v) is 8.38. The van der Waals surface area contributed by atoms with E-state index >= 15 is 0 Å². The molecule has 28 heavy (non-hydrogen) atoms. The van der Waals surface area contributed by atoms with Crippen LogP contribution in [0.5, 0.6) is 5.75 Å². The van der Waals surface area contributed by atoms with E-state index in [9.17, 15) is 5.11 Å². The largest absolute Gasteiger partial charge is 0.495 e. The molecule has 0 aliphatic heterocycles. The van der Waals surface area contributed by atoms with Gasteiger partial charge in [-0.05, 0) is 67.4 Å². The molecule has 5 rings (SSSR count). The SMILES string of the molecule is COc1cncc(C2=CC=C3[C@@H]4CC=C5C[C@@H](O)CC[C@]5(C)C4CC[C@]23C)c1. The van der Waals surface area contributed by atoms with Gasteiger partial charge in [0, 0.05) is 17.2 Å². The smallest absolute Gasteiger partial charge is 0.137 e. The first-order chi connectivity index (χ1) is 13.5. The average molecular weight is 378 g/mol. The maximum absolute atomic E-state index is 10.2. The summed E-state index contributed by atoms with van der Waals surface area (Å²) in [6.45, 7) is 4.90. The van der Waals surface area contributed by atoms with Crippen molar-refractivity contribution in [2.45, 2.75) is 58.5 Å². The van der Waals surface area contributed by atoms with Crippen LogP contribution in [0.3, 0.4) is 0 Å². The molecule has 0 amide bonds. The molecule has 0 bridgehead atoms. The van der Waals surface area contributed by atoms with E-state index in [-0.39, 0.29) is 16.9 Å². The van der Waals surface area contributed by atoms with Crippen molar-refractivity contribution < 1.29 is 9.84 Å². The van der Waals surface area contributed by atoms with Crippen molar-refractivity contribution >= 4 is 5.57 Å². The molecule has 148 valence electrons. The van der Waals surface area contributed by atoms with E-state index in [4.69, 9.17) is 4.74 Å². The molecule has 1 N–H and O–H groups in total. The van der Waals surface area contributed by atoms with Crippen LogP contribution in [0, 0.1) is 22.7 Å². The number of rotatable bonds is 2. The predicted molar refractivity (Wildman–Crippen MR) is 112 cm³/mol. The number of aliphatic hydroxyl groups excluding tert-OH is 1. The highest BCUT2D eigenvalue weighted by atomic mass is 16.5. The number of fused-ring (bicyclic) bond motifs is 5. The highest BCUT2D eigenvalue weighted by Crippen LogP contribution is 2.64. The van der Waals surface area contributed by atoms with Crippen LogP contribution in [0.15, 0.2) is 47.8 Å². The Balaban J connectivity index is 1.48. The maximum Gasteiger partial charge on any atom is 0.137 e.